The lowest BCUT2D eigenvalue weighted by Crippen LogP contribution is -2.01. The zero-order valence-electron chi connectivity index (χ0n) is 27.7. The second-order valence-corrected chi connectivity index (χ2v) is 12.8. The molecule has 240 valence electrons. The summed E-state index contributed by atoms with van der Waals surface area (Å²) in [5, 5.41) is 8.75. The molecule has 0 radical (unpaired) electrons. The first-order valence-corrected chi connectivity index (χ1v) is 17.0. The van der Waals surface area contributed by atoms with Gasteiger partial charge < -0.3 is 9.15 Å². The third-order valence-electron chi connectivity index (χ3n) is 9.76. The Morgan fingerprint density at radius 1 is 0.392 bits per heavy atom. The Hall–Kier alpha value is -6.85. The van der Waals surface area contributed by atoms with Crippen molar-refractivity contribution in [2.75, 3.05) is 7.11 Å². The van der Waals surface area contributed by atoms with E-state index in [0.29, 0.717) is 17.5 Å². The first-order valence-electron chi connectivity index (χ1n) is 17.0. The summed E-state index contributed by atoms with van der Waals surface area (Å²) < 4.78 is 12.1. The minimum atomic E-state index is 0.580. The van der Waals surface area contributed by atoms with Crippen molar-refractivity contribution in [2.45, 2.75) is 0 Å². The van der Waals surface area contributed by atoms with Crippen LogP contribution in [0.2, 0.25) is 0 Å². The van der Waals surface area contributed by atoms with Crippen LogP contribution in [0.1, 0.15) is 0 Å². The Kier molecular flexibility index (Phi) is 6.64. The van der Waals surface area contributed by atoms with E-state index in [2.05, 4.69) is 97.1 Å². The normalized spacial score (nSPS) is 11.6. The summed E-state index contributed by atoms with van der Waals surface area (Å²) in [4.78, 5) is 15.4. The number of hydrogen-bond donors (Lipinski definition) is 0. The zero-order valence-corrected chi connectivity index (χ0v) is 27.7. The van der Waals surface area contributed by atoms with Gasteiger partial charge in [0.05, 0.1) is 7.11 Å². The lowest BCUT2D eigenvalue weighted by molar-refractivity contribution is 0.420. The predicted molar refractivity (Wildman–Crippen MR) is 208 cm³/mol. The molecule has 10 aromatic rings. The quantitative estimate of drug-likeness (QED) is 0.185. The molecular formula is C46H29N3O2. The number of nitrogens with zero attached hydrogens (tertiary/aromatic N) is 3. The number of para-hydroxylation sites is 1. The summed E-state index contributed by atoms with van der Waals surface area (Å²) in [6, 6.07) is 54.5. The molecule has 8 aromatic carbocycles. The molecule has 0 bridgehead atoms. The molecule has 5 nitrogen and oxygen atoms in total. The maximum atomic E-state index is 6.24. The summed E-state index contributed by atoms with van der Waals surface area (Å²) in [7, 11) is 1.70. The lowest BCUT2D eigenvalue weighted by atomic mass is 9.92. The van der Waals surface area contributed by atoms with E-state index in [0.717, 1.165) is 87.8 Å². The molecular weight excluding hydrogens is 627 g/mol. The fraction of sp³-hybridized carbons (Fsp3) is 0.0217. The van der Waals surface area contributed by atoms with Crippen LogP contribution < -0.4 is 4.74 Å². The molecule has 0 aliphatic carbocycles. The van der Waals surface area contributed by atoms with Crippen LogP contribution >= 0.6 is 0 Å². The molecule has 0 aliphatic heterocycles. The van der Waals surface area contributed by atoms with E-state index in [1.54, 1.807) is 7.11 Å². The van der Waals surface area contributed by atoms with Gasteiger partial charge in [0, 0.05) is 32.8 Å². The van der Waals surface area contributed by atoms with Crippen molar-refractivity contribution in [2.24, 2.45) is 0 Å². The molecule has 0 fully saturated rings. The van der Waals surface area contributed by atoms with Crippen molar-refractivity contribution in [3.63, 3.8) is 0 Å². The summed E-state index contributed by atoms with van der Waals surface area (Å²) >= 11 is 0. The maximum absolute atomic E-state index is 6.24. The second-order valence-electron chi connectivity index (χ2n) is 12.8. The van der Waals surface area contributed by atoms with Gasteiger partial charge in [-0.1, -0.05) is 115 Å². The molecule has 2 aromatic heterocycles. The Morgan fingerprint density at radius 2 is 1.02 bits per heavy atom. The highest BCUT2D eigenvalue weighted by Gasteiger charge is 2.18. The van der Waals surface area contributed by atoms with Crippen molar-refractivity contribution in [3.8, 4) is 51.0 Å². The largest absolute Gasteiger partial charge is 0.496 e. The first-order chi connectivity index (χ1) is 25.2. The molecule has 5 heteroatoms. The van der Waals surface area contributed by atoms with Gasteiger partial charge in [-0.2, -0.15) is 0 Å². The molecule has 0 N–H and O–H groups in total. The van der Waals surface area contributed by atoms with Gasteiger partial charge in [-0.25, -0.2) is 15.0 Å². The van der Waals surface area contributed by atoms with Gasteiger partial charge in [0.2, 0.25) is 0 Å². The number of aromatic nitrogens is 3. The molecule has 0 spiro atoms. The number of rotatable bonds is 5. The summed E-state index contributed by atoms with van der Waals surface area (Å²) in [5.74, 6) is 2.56. The van der Waals surface area contributed by atoms with E-state index < -0.39 is 0 Å². The van der Waals surface area contributed by atoms with Gasteiger partial charge in [0.1, 0.15) is 16.9 Å². The molecule has 51 heavy (non-hydrogen) atoms. The van der Waals surface area contributed by atoms with E-state index in [9.17, 15) is 0 Å². The second kappa shape index (κ2) is 11.6. The van der Waals surface area contributed by atoms with Crippen molar-refractivity contribution in [3.05, 3.63) is 158 Å². The van der Waals surface area contributed by atoms with Crippen LogP contribution in [-0.4, -0.2) is 22.1 Å². The average Bonchev–Trinajstić information content (AvgIpc) is 3.56. The van der Waals surface area contributed by atoms with Crippen LogP contribution in [0.5, 0.6) is 5.75 Å². The van der Waals surface area contributed by atoms with E-state index in [1.807, 2.05) is 60.7 Å². The van der Waals surface area contributed by atoms with E-state index in [-0.39, 0.29) is 0 Å². The lowest BCUT2D eigenvalue weighted by Gasteiger charge is -2.14. The number of benzene rings is 8. The van der Waals surface area contributed by atoms with E-state index >= 15 is 0 Å². The Bertz CT molecular complexity index is 2970. The Labute approximate surface area is 293 Å². The third-order valence-corrected chi connectivity index (χ3v) is 9.76. The Morgan fingerprint density at radius 3 is 1.84 bits per heavy atom. The summed E-state index contributed by atoms with van der Waals surface area (Å²) in [5.41, 5.74) is 6.69. The van der Waals surface area contributed by atoms with Gasteiger partial charge in [-0.05, 0) is 80.5 Å². The monoisotopic (exact) mass is 655 g/mol. The number of hydrogen-bond acceptors (Lipinski definition) is 5. The van der Waals surface area contributed by atoms with E-state index in [1.165, 1.54) is 0 Å². The first kappa shape index (κ1) is 29.1. The van der Waals surface area contributed by atoms with E-state index in [4.69, 9.17) is 24.1 Å². The SMILES string of the molecule is COc1cc(-c2nc(-c3ccccc3)nc(-c3cc(-c4cccc5cc6oc7ccccc7c6cc45)cc4ccccc34)n2)cc2ccccc12. The zero-order chi connectivity index (χ0) is 33.9. The molecule has 0 saturated heterocycles. The standard InChI is InChI=1S/C46H29N3O2/c1-50-42-26-33(23-30-15-6-8-18-36(30)42)45-47-44(28-12-3-2-4-13-28)48-46(49-45)40-24-32(22-29-14-5-7-17-34(29)40)35-20-11-16-31-25-43-39(27-38(31)35)37-19-9-10-21-41(37)51-43/h2-27H,1H3. The van der Waals surface area contributed by atoms with Crippen LogP contribution in [0.25, 0.3) is 99.5 Å². The fourth-order valence-electron chi connectivity index (χ4n) is 7.31. The minimum Gasteiger partial charge on any atom is -0.496 e. The average molecular weight is 656 g/mol. The van der Waals surface area contributed by atoms with Crippen LogP contribution in [-0.2, 0) is 0 Å². The topological polar surface area (TPSA) is 61.0 Å². The number of methoxy groups -OCH3 is 1. The van der Waals surface area contributed by atoms with Gasteiger partial charge in [-0.15, -0.1) is 0 Å². The highest BCUT2D eigenvalue weighted by molar-refractivity contribution is 6.13. The molecule has 2 heterocycles. The van der Waals surface area contributed by atoms with Crippen molar-refractivity contribution in [1.82, 2.24) is 15.0 Å². The Balaban J connectivity index is 1.23. The van der Waals surface area contributed by atoms with Crippen LogP contribution in [0, 0.1) is 0 Å². The fourth-order valence-corrected chi connectivity index (χ4v) is 7.31. The molecule has 0 atom stereocenters. The molecule has 0 unspecified atom stereocenters. The number of furan rings is 1. The molecule has 0 saturated carbocycles. The van der Waals surface area contributed by atoms with Gasteiger partial charge in [0.15, 0.2) is 17.5 Å². The van der Waals surface area contributed by atoms with Crippen molar-refractivity contribution in [1.29, 1.82) is 0 Å². The molecule has 0 aliphatic rings. The van der Waals surface area contributed by atoms with Crippen LogP contribution in [0.4, 0.5) is 0 Å². The number of ether oxygens (including phenoxy) is 1. The smallest absolute Gasteiger partial charge is 0.164 e. The van der Waals surface area contributed by atoms with Gasteiger partial charge >= 0.3 is 0 Å². The highest BCUT2D eigenvalue weighted by Crippen LogP contribution is 2.40. The highest BCUT2D eigenvalue weighted by atomic mass is 16.5. The third kappa shape index (κ3) is 4.90. The predicted octanol–water partition coefficient (Wildman–Crippen LogP) is 11.9. The van der Waals surface area contributed by atoms with Gasteiger partial charge in [-0.3, -0.25) is 0 Å². The van der Waals surface area contributed by atoms with Crippen LogP contribution in [0.15, 0.2) is 162 Å². The number of fused-ring (bicyclic) bond motifs is 6. The summed E-state index contributed by atoms with van der Waals surface area (Å²) in [6.07, 6.45) is 0. The summed E-state index contributed by atoms with van der Waals surface area (Å²) in [6.45, 7) is 0. The van der Waals surface area contributed by atoms with Crippen molar-refractivity contribution < 1.29 is 9.15 Å². The molecule has 0 amide bonds. The van der Waals surface area contributed by atoms with Crippen molar-refractivity contribution >= 4 is 54.3 Å². The van der Waals surface area contributed by atoms with Crippen LogP contribution in [0.3, 0.4) is 0 Å². The van der Waals surface area contributed by atoms with Gasteiger partial charge in [0.25, 0.3) is 0 Å². The minimum absolute atomic E-state index is 0.580. The maximum Gasteiger partial charge on any atom is 0.164 e. The molecule has 10 rings (SSSR count).